The lowest BCUT2D eigenvalue weighted by Crippen LogP contribution is -2.60. The summed E-state index contributed by atoms with van der Waals surface area (Å²) in [6, 6.07) is 0. The van der Waals surface area contributed by atoms with Crippen molar-refractivity contribution in [3.63, 3.8) is 0 Å². The lowest BCUT2D eigenvalue weighted by Gasteiger charge is -2.43. The van der Waals surface area contributed by atoms with Crippen LogP contribution in [0.3, 0.4) is 0 Å². The summed E-state index contributed by atoms with van der Waals surface area (Å²) in [6.45, 7) is 1.21. The van der Waals surface area contributed by atoms with Crippen molar-refractivity contribution in [1.82, 2.24) is 0 Å². The predicted molar refractivity (Wildman–Crippen MR) is 86.6 cm³/mol. The normalized spacial score (nSPS) is 47.0. The van der Waals surface area contributed by atoms with Crippen molar-refractivity contribution in [1.29, 1.82) is 0 Å². The fraction of sp³-hybridized carbons (Fsp3) is 0.824. The van der Waals surface area contributed by atoms with Crippen LogP contribution in [0.1, 0.15) is 13.3 Å². The molecule has 0 aromatic carbocycles. The van der Waals surface area contributed by atoms with Crippen molar-refractivity contribution in [2.45, 2.75) is 56.4 Å². The van der Waals surface area contributed by atoms with Crippen molar-refractivity contribution >= 4 is 5.97 Å². The molecule has 27 heavy (non-hydrogen) atoms. The minimum atomic E-state index is -1.58. The average molecular weight is 390 g/mol. The number of aliphatic hydroxyl groups is 5. The Morgan fingerprint density at radius 3 is 2.52 bits per heavy atom. The summed E-state index contributed by atoms with van der Waals surface area (Å²) in [4.78, 5) is 12.0. The third-order valence-electron chi connectivity index (χ3n) is 5.75. The molecule has 0 bridgehead atoms. The van der Waals surface area contributed by atoms with E-state index in [1.807, 2.05) is 0 Å². The van der Waals surface area contributed by atoms with E-state index < -0.39 is 61.6 Å². The van der Waals surface area contributed by atoms with Crippen molar-refractivity contribution < 1.29 is 49.3 Å². The second-order valence-corrected chi connectivity index (χ2v) is 7.25. The van der Waals surface area contributed by atoms with Gasteiger partial charge in [0.1, 0.15) is 24.4 Å². The Kier molecular flexibility index (Phi) is 6.06. The molecule has 0 spiro atoms. The lowest BCUT2D eigenvalue weighted by atomic mass is 9.83. The molecule has 10 atom stereocenters. The summed E-state index contributed by atoms with van der Waals surface area (Å²) >= 11 is 0. The summed E-state index contributed by atoms with van der Waals surface area (Å²) in [6.07, 6.45) is -7.25. The van der Waals surface area contributed by atoms with Gasteiger partial charge in [-0.3, -0.25) is 0 Å². The molecule has 10 nitrogen and oxygen atoms in total. The van der Waals surface area contributed by atoms with E-state index in [0.717, 1.165) is 0 Å². The molecule has 10 heteroatoms. The van der Waals surface area contributed by atoms with E-state index in [4.69, 9.17) is 18.9 Å². The highest BCUT2D eigenvalue weighted by Gasteiger charge is 2.53. The largest absolute Gasteiger partial charge is 0.472 e. The average Bonchev–Trinajstić information content (AvgIpc) is 2.96. The first kappa shape index (κ1) is 20.5. The van der Waals surface area contributed by atoms with Gasteiger partial charge in [0, 0.05) is 11.8 Å². The van der Waals surface area contributed by atoms with Crippen molar-refractivity contribution in [2.75, 3.05) is 13.7 Å². The first-order chi connectivity index (χ1) is 12.8. The molecule has 2 heterocycles. The zero-order valence-electron chi connectivity index (χ0n) is 15.0. The van der Waals surface area contributed by atoms with Gasteiger partial charge in [-0.25, -0.2) is 4.79 Å². The first-order valence-corrected chi connectivity index (χ1v) is 8.88. The van der Waals surface area contributed by atoms with Crippen LogP contribution >= 0.6 is 0 Å². The molecule has 1 saturated heterocycles. The van der Waals surface area contributed by atoms with E-state index in [1.54, 1.807) is 6.92 Å². The SMILES string of the molecule is COC(=O)C1=CO[C@@H](O[C@H]2O[C@@H](CO)[C@@H](O)[C@@H](O)[C@H]2O)[C@@H]2[C@@H](C)[C@@H](O)C[C@@H]12. The van der Waals surface area contributed by atoms with Gasteiger partial charge in [0.2, 0.25) is 6.29 Å². The molecule has 154 valence electrons. The Morgan fingerprint density at radius 2 is 1.89 bits per heavy atom. The maximum absolute atomic E-state index is 12.0. The Bertz CT molecular complexity index is 578. The highest BCUT2D eigenvalue weighted by Crippen LogP contribution is 2.47. The van der Waals surface area contributed by atoms with Crippen LogP contribution in [-0.2, 0) is 23.7 Å². The highest BCUT2D eigenvalue weighted by atomic mass is 16.8. The molecule has 3 aliphatic rings. The van der Waals surface area contributed by atoms with Crippen molar-refractivity contribution in [3.8, 4) is 0 Å². The smallest absolute Gasteiger partial charge is 0.337 e. The molecule has 0 aromatic rings. The van der Waals surface area contributed by atoms with Crippen molar-refractivity contribution in [3.05, 3.63) is 11.8 Å². The number of aliphatic hydroxyl groups excluding tert-OH is 5. The van der Waals surface area contributed by atoms with Gasteiger partial charge in [-0.2, -0.15) is 0 Å². The number of carbonyl (C=O) groups excluding carboxylic acids is 1. The van der Waals surface area contributed by atoms with E-state index >= 15 is 0 Å². The fourth-order valence-electron chi connectivity index (χ4n) is 4.10. The predicted octanol–water partition coefficient (Wildman–Crippen LogP) is -2.15. The van der Waals surface area contributed by atoms with E-state index in [-0.39, 0.29) is 11.8 Å². The van der Waals surface area contributed by atoms with Crippen molar-refractivity contribution in [2.24, 2.45) is 17.8 Å². The van der Waals surface area contributed by atoms with Crippen LogP contribution in [0.5, 0.6) is 0 Å². The van der Waals surface area contributed by atoms with Gasteiger partial charge in [0.15, 0.2) is 6.29 Å². The summed E-state index contributed by atoms with van der Waals surface area (Å²) in [5.41, 5.74) is 0.291. The summed E-state index contributed by atoms with van der Waals surface area (Å²) in [5.74, 6) is -1.63. The van der Waals surface area contributed by atoms with Crippen LogP contribution < -0.4 is 0 Å². The molecule has 0 radical (unpaired) electrons. The molecule has 0 unspecified atom stereocenters. The Morgan fingerprint density at radius 1 is 1.19 bits per heavy atom. The molecular weight excluding hydrogens is 364 g/mol. The Balaban J connectivity index is 1.80. The molecular formula is C17H26O10. The van der Waals surface area contributed by atoms with Gasteiger partial charge in [-0.05, 0) is 12.3 Å². The second kappa shape index (κ2) is 8.00. The van der Waals surface area contributed by atoms with E-state index in [0.29, 0.717) is 12.0 Å². The quantitative estimate of drug-likeness (QED) is 0.336. The van der Waals surface area contributed by atoms with Crippen LogP contribution in [0.15, 0.2) is 11.8 Å². The van der Waals surface area contributed by atoms with Gasteiger partial charge in [-0.1, -0.05) is 6.92 Å². The number of ether oxygens (including phenoxy) is 4. The zero-order chi connectivity index (χ0) is 19.9. The first-order valence-electron chi connectivity index (χ1n) is 8.88. The number of methoxy groups -OCH3 is 1. The number of hydrogen-bond acceptors (Lipinski definition) is 10. The van der Waals surface area contributed by atoms with E-state index in [1.165, 1.54) is 13.4 Å². The number of rotatable bonds is 4. The molecule has 3 rings (SSSR count). The van der Waals surface area contributed by atoms with Crippen LogP contribution in [0.4, 0.5) is 0 Å². The lowest BCUT2D eigenvalue weighted by molar-refractivity contribution is -0.342. The molecule has 1 aliphatic carbocycles. The topological polar surface area (TPSA) is 155 Å². The van der Waals surface area contributed by atoms with Gasteiger partial charge >= 0.3 is 5.97 Å². The number of esters is 1. The molecule has 2 aliphatic heterocycles. The maximum atomic E-state index is 12.0. The molecule has 5 N–H and O–H groups in total. The van der Waals surface area contributed by atoms with E-state index in [9.17, 15) is 30.3 Å². The number of carbonyl (C=O) groups is 1. The van der Waals surface area contributed by atoms with Crippen LogP contribution in [-0.4, -0.2) is 88.3 Å². The van der Waals surface area contributed by atoms with Crippen LogP contribution in [0.2, 0.25) is 0 Å². The van der Waals surface area contributed by atoms with Crippen LogP contribution in [0.25, 0.3) is 0 Å². The number of fused-ring (bicyclic) bond motifs is 1. The van der Waals surface area contributed by atoms with Gasteiger partial charge in [0.05, 0.1) is 31.7 Å². The molecule has 0 aromatic heterocycles. The third kappa shape index (κ3) is 3.58. The monoisotopic (exact) mass is 390 g/mol. The van der Waals surface area contributed by atoms with Gasteiger partial charge in [0.25, 0.3) is 0 Å². The summed E-state index contributed by atoms with van der Waals surface area (Å²) in [7, 11) is 1.25. The minimum Gasteiger partial charge on any atom is -0.472 e. The Hall–Kier alpha value is -1.27. The Labute approximate surface area is 155 Å². The standard InChI is InChI=1S/C17H26O10/c1-6-9(19)3-7-8(15(23)24-2)5-25-16(11(6)7)27-17-14(22)13(21)12(20)10(4-18)26-17/h5-7,9-14,16-22H,3-4H2,1-2H3/t6-,7-,9-,10-,11+,12+,13+,14+,16-,17+/m0/s1. The third-order valence-corrected chi connectivity index (χ3v) is 5.75. The number of hydrogen-bond donors (Lipinski definition) is 5. The van der Waals surface area contributed by atoms with Crippen LogP contribution in [0, 0.1) is 17.8 Å². The second-order valence-electron chi connectivity index (χ2n) is 7.25. The molecule has 2 fully saturated rings. The molecule has 1 saturated carbocycles. The summed E-state index contributed by atoms with van der Waals surface area (Å²) < 4.78 is 21.4. The summed E-state index contributed by atoms with van der Waals surface area (Å²) in [5, 5.41) is 49.4. The fourth-order valence-corrected chi connectivity index (χ4v) is 4.10. The van der Waals surface area contributed by atoms with Gasteiger partial charge in [-0.15, -0.1) is 0 Å². The highest BCUT2D eigenvalue weighted by molar-refractivity contribution is 5.89. The minimum absolute atomic E-state index is 0.279. The molecule has 0 amide bonds. The van der Waals surface area contributed by atoms with E-state index in [2.05, 4.69) is 0 Å². The zero-order valence-corrected chi connectivity index (χ0v) is 15.0. The van der Waals surface area contributed by atoms with Gasteiger partial charge < -0.3 is 44.5 Å². The maximum Gasteiger partial charge on any atom is 0.337 e.